The summed E-state index contributed by atoms with van der Waals surface area (Å²) in [6.07, 6.45) is 3.03. The van der Waals surface area contributed by atoms with Crippen molar-refractivity contribution >= 4 is 0 Å². The van der Waals surface area contributed by atoms with Gasteiger partial charge in [0.05, 0.1) is 12.7 Å². The number of hydrogen-bond donors (Lipinski definition) is 2. The summed E-state index contributed by atoms with van der Waals surface area (Å²) in [5.74, 6) is 0. The number of rotatable bonds is 9. The zero-order valence-electron chi connectivity index (χ0n) is 11.4. The van der Waals surface area contributed by atoms with Crippen LogP contribution in [0.2, 0.25) is 0 Å². The van der Waals surface area contributed by atoms with Gasteiger partial charge < -0.3 is 15.2 Å². The number of aliphatic hydroxyl groups excluding tert-OH is 1. The molecular formula is C15H25NO2. The molecule has 0 aromatic heterocycles. The van der Waals surface area contributed by atoms with Gasteiger partial charge in [0.15, 0.2) is 0 Å². The molecule has 2 N–H and O–H groups in total. The summed E-state index contributed by atoms with van der Waals surface area (Å²) in [6, 6.07) is 10.7. The number of nitrogens with one attached hydrogen (secondary N) is 1. The Labute approximate surface area is 110 Å². The summed E-state index contributed by atoms with van der Waals surface area (Å²) < 4.78 is 4.93. The lowest BCUT2D eigenvalue weighted by Crippen LogP contribution is -2.32. The lowest BCUT2D eigenvalue weighted by Gasteiger charge is -2.21. The van der Waals surface area contributed by atoms with E-state index < -0.39 is 6.10 Å². The van der Waals surface area contributed by atoms with Crippen molar-refractivity contribution in [2.24, 2.45) is 0 Å². The van der Waals surface area contributed by atoms with Crippen molar-refractivity contribution in [3.8, 4) is 0 Å². The molecule has 0 aliphatic rings. The van der Waals surface area contributed by atoms with Crippen molar-refractivity contribution in [2.45, 2.75) is 38.3 Å². The smallest absolute Gasteiger partial charge is 0.0897 e. The first-order valence-corrected chi connectivity index (χ1v) is 6.73. The third-order valence-corrected chi connectivity index (χ3v) is 3.01. The number of ether oxygens (including phenoxy) is 1. The number of methoxy groups -OCH3 is 1. The van der Waals surface area contributed by atoms with Crippen LogP contribution < -0.4 is 5.32 Å². The molecular weight excluding hydrogens is 226 g/mol. The minimum atomic E-state index is -0.442. The van der Waals surface area contributed by atoms with Gasteiger partial charge >= 0.3 is 0 Å². The van der Waals surface area contributed by atoms with Crippen LogP contribution in [0, 0.1) is 0 Å². The van der Waals surface area contributed by atoms with Gasteiger partial charge in [-0.1, -0.05) is 50.1 Å². The van der Waals surface area contributed by atoms with E-state index in [0.29, 0.717) is 19.2 Å². The Bertz CT molecular complexity index is 303. The van der Waals surface area contributed by atoms with Crippen LogP contribution in [0.1, 0.15) is 37.8 Å². The fourth-order valence-electron chi connectivity index (χ4n) is 2.01. The molecule has 0 spiro atoms. The maximum absolute atomic E-state index is 9.68. The Morgan fingerprint density at radius 1 is 1.28 bits per heavy atom. The average Bonchev–Trinajstić information content (AvgIpc) is 2.40. The van der Waals surface area contributed by atoms with Crippen LogP contribution in [0.25, 0.3) is 0 Å². The molecule has 3 heteroatoms. The zero-order valence-corrected chi connectivity index (χ0v) is 11.4. The number of unbranched alkanes of at least 4 members (excludes halogenated alkanes) is 1. The molecule has 3 nitrogen and oxygen atoms in total. The predicted molar refractivity (Wildman–Crippen MR) is 74.6 cm³/mol. The molecule has 1 rings (SSSR count). The van der Waals surface area contributed by atoms with Crippen LogP contribution in [0.4, 0.5) is 0 Å². The van der Waals surface area contributed by atoms with Crippen molar-refractivity contribution < 1.29 is 9.84 Å². The molecule has 0 amide bonds. The van der Waals surface area contributed by atoms with E-state index in [-0.39, 0.29) is 0 Å². The number of aliphatic hydroxyl groups is 1. The zero-order chi connectivity index (χ0) is 13.2. The Hall–Kier alpha value is -0.900. The lowest BCUT2D eigenvalue weighted by atomic mass is 10.0. The molecule has 0 bridgehead atoms. The van der Waals surface area contributed by atoms with Gasteiger partial charge in [-0.05, 0) is 12.0 Å². The van der Waals surface area contributed by atoms with Gasteiger partial charge in [0, 0.05) is 19.7 Å². The predicted octanol–water partition coefficient (Wildman–Crippen LogP) is 2.51. The lowest BCUT2D eigenvalue weighted by molar-refractivity contribution is 0.0624. The largest absolute Gasteiger partial charge is 0.389 e. The topological polar surface area (TPSA) is 41.5 Å². The Morgan fingerprint density at radius 3 is 2.61 bits per heavy atom. The first kappa shape index (κ1) is 15.2. The van der Waals surface area contributed by atoms with E-state index >= 15 is 0 Å². The van der Waals surface area contributed by atoms with Crippen molar-refractivity contribution in [3.05, 3.63) is 35.9 Å². The summed E-state index contributed by atoms with van der Waals surface area (Å²) in [7, 11) is 1.61. The normalized spacial score (nSPS) is 14.4. The van der Waals surface area contributed by atoms with Crippen LogP contribution in [0.15, 0.2) is 30.3 Å². The summed E-state index contributed by atoms with van der Waals surface area (Å²) in [5.41, 5.74) is 1.29. The molecule has 0 aliphatic heterocycles. The molecule has 0 radical (unpaired) electrons. The van der Waals surface area contributed by atoms with E-state index in [4.69, 9.17) is 4.74 Å². The Kier molecular flexibility index (Phi) is 7.65. The van der Waals surface area contributed by atoms with E-state index in [9.17, 15) is 5.11 Å². The Balaban J connectivity index is 2.51. The van der Waals surface area contributed by atoms with Crippen LogP contribution in [0.5, 0.6) is 0 Å². The van der Waals surface area contributed by atoms with Crippen LogP contribution in [-0.4, -0.2) is 31.5 Å². The van der Waals surface area contributed by atoms with Crippen molar-refractivity contribution in [1.82, 2.24) is 5.32 Å². The monoisotopic (exact) mass is 251 g/mol. The van der Waals surface area contributed by atoms with Crippen molar-refractivity contribution in [2.75, 3.05) is 20.3 Å². The first-order chi connectivity index (χ1) is 8.77. The molecule has 0 saturated heterocycles. The third-order valence-electron chi connectivity index (χ3n) is 3.01. The molecule has 0 heterocycles. The standard InChI is InChI=1S/C15H25NO2/c1-3-4-10-15(13-8-6-5-7-9-13)16-11-14(17)12-18-2/h5-9,14-17H,3-4,10-12H2,1-2H3. The van der Waals surface area contributed by atoms with E-state index in [1.807, 2.05) is 6.07 Å². The molecule has 1 aromatic carbocycles. The van der Waals surface area contributed by atoms with Crippen LogP contribution in [-0.2, 0) is 4.74 Å². The van der Waals surface area contributed by atoms with Gasteiger partial charge in [0.1, 0.15) is 0 Å². The highest BCUT2D eigenvalue weighted by atomic mass is 16.5. The van der Waals surface area contributed by atoms with Gasteiger partial charge in [-0.3, -0.25) is 0 Å². The highest BCUT2D eigenvalue weighted by Gasteiger charge is 2.12. The minimum absolute atomic E-state index is 0.317. The summed E-state index contributed by atoms with van der Waals surface area (Å²) in [4.78, 5) is 0. The molecule has 1 aromatic rings. The fourth-order valence-corrected chi connectivity index (χ4v) is 2.01. The Morgan fingerprint density at radius 2 is 2.00 bits per heavy atom. The highest BCUT2D eigenvalue weighted by molar-refractivity contribution is 5.18. The molecule has 2 unspecified atom stereocenters. The van der Waals surface area contributed by atoms with Crippen molar-refractivity contribution in [3.63, 3.8) is 0 Å². The second kappa shape index (κ2) is 9.09. The molecule has 0 aliphatic carbocycles. The molecule has 18 heavy (non-hydrogen) atoms. The van der Waals surface area contributed by atoms with Gasteiger partial charge in [0.25, 0.3) is 0 Å². The highest BCUT2D eigenvalue weighted by Crippen LogP contribution is 2.18. The van der Waals surface area contributed by atoms with Crippen LogP contribution >= 0.6 is 0 Å². The molecule has 0 fully saturated rings. The van der Waals surface area contributed by atoms with E-state index in [2.05, 4.69) is 36.5 Å². The second-order valence-electron chi connectivity index (χ2n) is 4.62. The summed E-state index contributed by atoms with van der Waals surface area (Å²) >= 11 is 0. The van der Waals surface area contributed by atoms with Crippen LogP contribution in [0.3, 0.4) is 0 Å². The first-order valence-electron chi connectivity index (χ1n) is 6.73. The summed E-state index contributed by atoms with van der Waals surface area (Å²) in [5, 5.41) is 13.1. The second-order valence-corrected chi connectivity index (χ2v) is 4.62. The quantitative estimate of drug-likeness (QED) is 0.708. The van der Waals surface area contributed by atoms with Gasteiger partial charge in [0.2, 0.25) is 0 Å². The maximum Gasteiger partial charge on any atom is 0.0897 e. The van der Waals surface area contributed by atoms with E-state index in [1.54, 1.807) is 7.11 Å². The van der Waals surface area contributed by atoms with E-state index in [0.717, 1.165) is 6.42 Å². The maximum atomic E-state index is 9.68. The number of benzene rings is 1. The van der Waals surface area contributed by atoms with Gasteiger partial charge in [-0.2, -0.15) is 0 Å². The van der Waals surface area contributed by atoms with Gasteiger partial charge in [-0.15, -0.1) is 0 Å². The average molecular weight is 251 g/mol. The molecule has 0 saturated carbocycles. The number of hydrogen-bond acceptors (Lipinski definition) is 3. The minimum Gasteiger partial charge on any atom is -0.389 e. The third kappa shape index (κ3) is 5.63. The molecule has 102 valence electrons. The fraction of sp³-hybridized carbons (Fsp3) is 0.600. The molecule has 2 atom stereocenters. The van der Waals surface area contributed by atoms with E-state index in [1.165, 1.54) is 18.4 Å². The van der Waals surface area contributed by atoms with Gasteiger partial charge in [-0.25, -0.2) is 0 Å². The summed E-state index contributed by atoms with van der Waals surface area (Å²) in [6.45, 7) is 3.14. The SMILES string of the molecule is CCCCC(NCC(O)COC)c1ccccc1. The van der Waals surface area contributed by atoms with Crippen molar-refractivity contribution in [1.29, 1.82) is 0 Å².